The highest BCUT2D eigenvalue weighted by atomic mass is 16.2. The van der Waals surface area contributed by atoms with E-state index in [0.717, 1.165) is 5.56 Å². The number of nitrogens with zero attached hydrogens (tertiary/aromatic N) is 4. The van der Waals surface area contributed by atoms with Crippen molar-refractivity contribution in [1.29, 1.82) is 5.26 Å². The van der Waals surface area contributed by atoms with Crippen LogP contribution >= 0.6 is 0 Å². The lowest BCUT2D eigenvalue weighted by Crippen LogP contribution is -2.48. The Balaban J connectivity index is 1.39. The normalized spacial score (nSPS) is 17.8. The number of amides is 2. The van der Waals surface area contributed by atoms with Crippen LogP contribution in [0.15, 0.2) is 59.7 Å². The molecule has 0 unspecified atom stereocenters. The molecule has 1 saturated heterocycles. The molecule has 0 bridgehead atoms. The summed E-state index contributed by atoms with van der Waals surface area (Å²) in [5.74, 6) is -0.00376. The minimum atomic E-state index is -0.611. The van der Waals surface area contributed by atoms with Crippen LogP contribution in [0.1, 0.15) is 34.3 Å². The molecule has 0 atom stereocenters. The summed E-state index contributed by atoms with van der Waals surface area (Å²) in [7, 11) is 0. The summed E-state index contributed by atoms with van der Waals surface area (Å²) in [4.78, 5) is 27.4. The third kappa shape index (κ3) is 3.27. The van der Waals surface area contributed by atoms with E-state index >= 15 is 0 Å². The van der Waals surface area contributed by atoms with E-state index in [4.69, 9.17) is 5.26 Å². The minimum Gasteiger partial charge on any atom is -0.339 e. The van der Waals surface area contributed by atoms with Gasteiger partial charge in [0.1, 0.15) is 0 Å². The standard InChI is InChI=1S/C22H20N4O2/c23-14-17-6-8-18(9-7-17)15-26-21(28)22(16-24-26)10-12-25(13-11-22)20(27)19-4-2-1-3-5-19/h1-9,16H,10-13,15H2. The molecule has 1 fully saturated rings. The quantitative estimate of drug-likeness (QED) is 0.831. The second-order valence-electron chi connectivity index (χ2n) is 7.23. The molecule has 2 heterocycles. The van der Waals surface area contributed by atoms with Crippen molar-refractivity contribution in [2.24, 2.45) is 10.5 Å². The Labute approximate surface area is 163 Å². The van der Waals surface area contributed by atoms with Gasteiger partial charge >= 0.3 is 0 Å². The molecule has 0 aromatic heterocycles. The van der Waals surface area contributed by atoms with E-state index in [1.807, 2.05) is 47.4 Å². The van der Waals surface area contributed by atoms with E-state index in [1.165, 1.54) is 5.01 Å². The van der Waals surface area contributed by atoms with Gasteiger partial charge in [-0.25, -0.2) is 5.01 Å². The van der Waals surface area contributed by atoms with Crippen LogP contribution in [0.5, 0.6) is 0 Å². The number of carbonyl (C=O) groups excluding carboxylic acids is 2. The van der Waals surface area contributed by atoms with Crippen LogP contribution in [-0.2, 0) is 11.3 Å². The monoisotopic (exact) mass is 372 g/mol. The Hall–Kier alpha value is -3.46. The molecule has 4 rings (SSSR count). The smallest absolute Gasteiger partial charge is 0.254 e. The molecule has 140 valence electrons. The Morgan fingerprint density at radius 3 is 2.39 bits per heavy atom. The van der Waals surface area contributed by atoms with Crippen molar-refractivity contribution in [2.45, 2.75) is 19.4 Å². The Kier molecular flexibility index (Phi) is 4.66. The predicted molar refractivity (Wildman–Crippen MR) is 104 cm³/mol. The van der Waals surface area contributed by atoms with E-state index in [1.54, 1.807) is 18.3 Å². The maximum Gasteiger partial charge on any atom is 0.254 e. The molecular formula is C22H20N4O2. The molecule has 28 heavy (non-hydrogen) atoms. The lowest BCUT2D eigenvalue weighted by Gasteiger charge is -2.36. The SMILES string of the molecule is N#Cc1ccc(CN2N=CC3(CCN(C(=O)c4ccccc4)CC3)C2=O)cc1. The number of piperidine rings is 1. The van der Waals surface area contributed by atoms with Crippen LogP contribution in [0.4, 0.5) is 0 Å². The van der Waals surface area contributed by atoms with Crippen LogP contribution in [0, 0.1) is 16.7 Å². The summed E-state index contributed by atoms with van der Waals surface area (Å²) < 4.78 is 0. The molecule has 2 aliphatic heterocycles. The Morgan fingerprint density at radius 1 is 1.07 bits per heavy atom. The van der Waals surface area contributed by atoms with Crippen molar-refractivity contribution >= 4 is 18.0 Å². The Morgan fingerprint density at radius 2 is 1.75 bits per heavy atom. The van der Waals surface area contributed by atoms with Gasteiger partial charge in [0.15, 0.2) is 0 Å². The van der Waals surface area contributed by atoms with Crippen molar-refractivity contribution in [3.8, 4) is 6.07 Å². The number of likely N-dealkylation sites (tertiary alicyclic amines) is 1. The summed E-state index contributed by atoms with van der Waals surface area (Å²) >= 11 is 0. The van der Waals surface area contributed by atoms with Crippen molar-refractivity contribution in [3.05, 3.63) is 71.3 Å². The minimum absolute atomic E-state index is 0.00673. The Bertz CT molecular complexity index is 952. The lowest BCUT2D eigenvalue weighted by atomic mass is 9.79. The van der Waals surface area contributed by atoms with E-state index in [9.17, 15) is 9.59 Å². The van der Waals surface area contributed by atoms with Gasteiger partial charge in [0, 0.05) is 24.9 Å². The first-order chi connectivity index (χ1) is 13.6. The van der Waals surface area contributed by atoms with E-state index in [-0.39, 0.29) is 11.8 Å². The molecular weight excluding hydrogens is 352 g/mol. The van der Waals surface area contributed by atoms with Gasteiger partial charge in [-0.3, -0.25) is 9.59 Å². The summed E-state index contributed by atoms with van der Waals surface area (Å²) in [6, 6.07) is 18.5. The topological polar surface area (TPSA) is 76.8 Å². The highest BCUT2D eigenvalue weighted by Gasteiger charge is 2.47. The van der Waals surface area contributed by atoms with E-state index in [0.29, 0.717) is 43.6 Å². The molecule has 2 aliphatic rings. The van der Waals surface area contributed by atoms with Crippen LogP contribution in [0.25, 0.3) is 0 Å². The highest BCUT2D eigenvalue weighted by Crippen LogP contribution is 2.36. The van der Waals surface area contributed by atoms with Gasteiger partial charge < -0.3 is 4.90 Å². The zero-order chi connectivity index (χ0) is 19.6. The van der Waals surface area contributed by atoms with Crippen molar-refractivity contribution in [1.82, 2.24) is 9.91 Å². The van der Waals surface area contributed by atoms with Crippen molar-refractivity contribution in [2.75, 3.05) is 13.1 Å². The fraction of sp³-hybridized carbons (Fsp3) is 0.273. The molecule has 0 saturated carbocycles. The number of benzene rings is 2. The van der Waals surface area contributed by atoms with Gasteiger partial charge in [0.2, 0.25) is 0 Å². The molecule has 0 N–H and O–H groups in total. The molecule has 2 aromatic carbocycles. The fourth-order valence-corrected chi connectivity index (χ4v) is 3.73. The number of rotatable bonds is 3. The largest absolute Gasteiger partial charge is 0.339 e. The third-order valence-electron chi connectivity index (χ3n) is 5.48. The van der Waals surface area contributed by atoms with Crippen molar-refractivity contribution in [3.63, 3.8) is 0 Å². The molecule has 2 aromatic rings. The zero-order valence-electron chi connectivity index (χ0n) is 15.4. The highest BCUT2D eigenvalue weighted by molar-refractivity contribution is 6.02. The second-order valence-corrected chi connectivity index (χ2v) is 7.23. The van der Waals surface area contributed by atoms with Gasteiger partial charge in [-0.15, -0.1) is 0 Å². The lowest BCUT2D eigenvalue weighted by molar-refractivity contribution is -0.138. The van der Waals surface area contributed by atoms with Crippen LogP contribution in [0.2, 0.25) is 0 Å². The number of nitriles is 1. The summed E-state index contributed by atoms with van der Waals surface area (Å²) in [5.41, 5.74) is 1.58. The van der Waals surface area contributed by atoms with Crippen LogP contribution in [-0.4, -0.2) is 41.0 Å². The average molecular weight is 372 g/mol. The number of hydrogen-bond acceptors (Lipinski definition) is 4. The zero-order valence-corrected chi connectivity index (χ0v) is 15.4. The second kappa shape index (κ2) is 7.28. The third-order valence-corrected chi connectivity index (χ3v) is 5.48. The van der Waals surface area contributed by atoms with Crippen molar-refractivity contribution < 1.29 is 9.59 Å². The van der Waals surface area contributed by atoms with Gasteiger partial charge in [0.25, 0.3) is 11.8 Å². The number of hydrazone groups is 1. The molecule has 2 amide bonds. The first kappa shape index (κ1) is 17.9. The number of carbonyl (C=O) groups is 2. The summed E-state index contributed by atoms with van der Waals surface area (Å²) in [5, 5.41) is 14.7. The molecule has 0 aliphatic carbocycles. The maximum absolute atomic E-state index is 13.0. The predicted octanol–water partition coefficient (Wildman–Crippen LogP) is 2.81. The van der Waals surface area contributed by atoms with Gasteiger partial charge in [-0.1, -0.05) is 30.3 Å². The summed E-state index contributed by atoms with van der Waals surface area (Å²) in [6.07, 6.45) is 2.92. The average Bonchev–Trinajstić information content (AvgIpc) is 3.04. The van der Waals surface area contributed by atoms with Gasteiger partial charge in [0.05, 0.1) is 23.6 Å². The van der Waals surface area contributed by atoms with E-state index in [2.05, 4.69) is 11.2 Å². The fourth-order valence-electron chi connectivity index (χ4n) is 3.73. The first-order valence-electron chi connectivity index (χ1n) is 9.32. The van der Waals surface area contributed by atoms with E-state index < -0.39 is 5.41 Å². The molecule has 0 radical (unpaired) electrons. The molecule has 1 spiro atoms. The molecule has 6 heteroatoms. The maximum atomic E-state index is 13.0. The number of hydrogen-bond donors (Lipinski definition) is 0. The van der Waals surface area contributed by atoms with Crippen LogP contribution < -0.4 is 0 Å². The van der Waals surface area contributed by atoms with Gasteiger partial charge in [-0.05, 0) is 42.7 Å². The van der Waals surface area contributed by atoms with Gasteiger partial charge in [-0.2, -0.15) is 10.4 Å². The summed E-state index contributed by atoms with van der Waals surface area (Å²) in [6.45, 7) is 1.46. The first-order valence-corrected chi connectivity index (χ1v) is 9.32. The van der Waals surface area contributed by atoms with Crippen LogP contribution in [0.3, 0.4) is 0 Å². The molecule has 6 nitrogen and oxygen atoms in total.